The molecule has 0 heterocycles. The minimum Gasteiger partial charge on any atom is -0.463 e. The summed E-state index contributed by atoms with van der Waals surface area (Å²) in [6.45, 7) is 4.96. The summed E-state index contributed by atoms with van der Waals surface area (Å²) >= 11 is 0. The van der Waals surface area contributed by atoms with Gasteiger partial charge >= 0.3 is 0 Å². The van der Waals surface area contributed by atoms with Crippen molar-refractivity contribution in [1.82, 2.24) is 0 Å². The van der Waals surface area contributed by atoms with Crippen LogP contribution in [-0.4, -0.2) is 49.2 Å². The third kappa shape index (κ3) is 9.09. The third-order valence-corrected chi connectivity index (χ3v) is 6.96. The summed E-state index contributed by atoms with van der Waals surface area (Å²) in [5.74, 6) is 2.60. The summed E-state index contributed by atoms with van der Waals surface area (Å²) in [4.78, 5) is 2.13. The fraction of sp³-hybridized carbons (Fsp3) is 0.211. The minimum absolute atomic E-state index is 0.0970. The van der Waals surface area contributed by atoms with Gasteiger partial charge in [0.05, 0.1) is 0 Å². The smallest absolute Gasteiger partial charge is 0.221 e. The van der Waals surface area contributed by atoms with Gasteiger partial charge in [-0.3, -0.25) is 0 Å². The standard InChI is InChI=1S/C38H39NO7/c1-3-42-26-37(40)45-35-20-12-29(13-21-35)28-10-14-30(15-11-28)39(32-18-24-36(25-19-32)46-38(41)27-43-4-2)31-16-22-34(23-17-31)44-33-8-6-5-7-9-33/h5-25,37-38,40-41H,3-4,26-27H2,1-2H3. The van der Waals surface area contributed by atoms with Gasteiger partial charge in [-0.1, -0.05) is 42.5 Å². The maximum atomic E-state index is 10.1. The first kappa shape index (κ1) is 32.5. The van der Waals surface area contributed by atoms with E-state index in [0.717, 1.165) is 39.7 Å². The Hall–Kier alpha value is -4.86. The highest BCUT2D eigenvalue weighted by Gasteiger charge is 2.15. The molecule has 0 fully saturated rings. The van der Waals surface area contributed by atoms with Crippen molar-refractivity contribution in [2.45, 2.75) is 26.4 Å². The van der Waals surface area contributed by atoms with E-state index < -0.39 is 12.6 Å². The van der Waals surface area contributed by atoms with Crippen LogP contribution in [0.2, 0.25) is 0 Å². The van der Waals surface area contributed by atoms with Gasteiger partial charge in [-0.2, -0.15) is 0 Å². The number of hydrogen-bond acceptors (Lipinski definition) is 8. The molecule has 8 nitrogen and oxygen atoms in total. The van der Waals surface area contributed by atoms with Crippen molar-refractivity contribution < 1.29 is 33.9 Å². The van der Waals surface area contributed by atoms with E-state index in [0.29, 0.717) is 24.7 Å². The van der Waals surface area contributed by atoms with Gasteiger partial charge in [0.25, 0.3) is 0 Å². The number of para-hydroxylation sites is 1. The van der Waals surface area contributed by atoms with Gasteiger partial charge in [-0.05, 0) is 110 Å². The average Bonchev–Trinajstić information content (AvgIpc) is 3.09. The summed E-state index contributed by atoms with van der Waals surface area (Å²) in [5, 5.41) is 20.1. The van der Waals surface area contributed by atoms with Crippen LogP contribution in [0.1, 0.15) is 13.8 Å². The molecule has 5 rings (SSSR count). The molecule has 0 saturated heterocycles. The highest BCUT2D eigenvalue weighted by atomic mass is 16.6. The number of anilines is 3. The van der Waals surface area contributed by atoms with Crippen molar-refractivity contribution in [3.8, 4) is 34.1 Å². The van der Waals surface area contributed by atoms with E-state index in [1.165, 1.54) is 0 Å². The molecule has 0 spiro atoms. The number of rotatable bonds is 16. The molecule has 0 aliphatic heterocycles. The SMILES string of the molecule is CCOCC(O)Oc1ccc(-c2ccc(N(c3ccc(Oc4ccccc4)cc3)c3ccc(OC(O)COCC)cc3)cc2)cc1. The molecule has 0 amide bonds. The van der Waals surface area contributed by atoms with E-state index in [9.17, 15) is 10.2 Å². The highest BCUT2D eigenvalue weighted by Crippen LogP contribution is 2.37. The maximum absolute atomic E-state index is 10.1. The van der Waals surface area contributed by atoms with Crippen LogP contribution in [0.15, 0.2) is 127 Å². The number of aliphatic hydroxyl groups excluding tert-OH is 2. The predicted octanol–water partition coefficient (Wildman–Crippen LogP) is 8.08. The molecule has 0 bridgehead atoms. The molecule has 0 saturated carbocycles. The van der Waals surface area contributed by atoms with Crippen LogP contribution < -0.4 is 19.1 Å². The van der Waals surface area contributed by atoms with Crippen LogP contribution in [0.25, 0.3) is 11.1 Å². The number of benzene rings is 5. The van der Waals surface area contributed by atoms with Crippen LogP contribution in [0.4, 0.5) is 17.1 Å². The van der Waals surface area contributed by atoms with Crippen LogP contribution in [0.5, 0.6) is 23.0 Å². The first-order valence-electron chi connectivity index (χ1n) is 15.3. The summed E-state index contributed by atoms with van der Waals surface area (Å²) in [6.07, 6.45) is -2.07. The van der Waals surface area contributed by atoms with Gasteiger partial charge in [-0.15, -0.1) is 0 Å². The fourth-order valence-corrected chi connectivity index (χ4v) is 4.76. The fourth-order valence-electron chi connectivity index (χ4n) is 4.76. The summed E-state index contributed by atoms with van der Waals surface area (Å²) in [7, 11) is 0. The Morgan fingerprint density at radius 1 is 0.478 bits per heavy atom. The van der Waals surface area contributed by atoms with Crippen LogP contribution in [0.3, 0.4) is 0 Å². The molecule has 5 aromatic carbocycles. The Labute approximate surface area is 269 Å². The van der Waals surface area contributed by atoms with E-state index >= 15 is 0 Å². The lowest BCUT2D eigenvalue weighted by molar-refractivity contribution is -0.0751. The van der Waals surface area contributed by atoms with Crippen LogP contribution in [-0.2, 0) is 9.47 Å². The topological polar surface area (TPSA) is 89.9 Å². The van der Waals surface area contributed by atoms with E-state index in [1.54, 1.807) is 0 Å². The average molecular weight is 622 g/mol. The molecule has 2 atom stereocenters. The minimum atomic E-state index is -1.05. The van der Waals surface area contributed by atoms with Crippen molar-refractivity contribution in [3.05, 3.63) is 127 Å². The Bertz CT molecular complexity index is 1590. The second-order valence-corrected chi connectivity index (χ2v) is 10.3. The highest BCUT2D eigenvalue weighted by molar-refractivity contribution is 5.78. The Balaban J connectivity index is 1.37. The number of aliphatic hydroxyl groups is 2. The van der Waals surface area contributed by atoms with Gasteiger partial charge in [0.1, 0.15) is 36.2 Å². The number of hydrogen-bond donors (Lipinski definition) is 2. The van der Waals surface area contributed by atoms with E-state index in [2.05, 4.69) is 29.2 Å². The molecule has 0 aromatic heterocycles. The third-order valence-electron chi connectivity index (χ3n) is 6.96. The molecule has 0 radical (unpaired) electrons. The Kier molecular flexibility index (Phi) is 11.6. The summed E-state index contributed by atoms with van der Waals surface area (Å²) < 4.78 is 27.6. The maximum Gasteiger partial charge on any atom is 0.221 e. The van der Waals surface area contributed by atoms with Gasteiger partial charge in [0.2, 0.25) is 12.6 Å². The van der Waals surface area contributed by atoms with E-state index in [1.807, 2.05) is 117 Å². The Morgan fingerprint density at radius 2 is 0.848 bits per heavy atom. The molecule has 8 heteroatoms. The number of nitrogens with zero attached hydrogens (tertiary/aromatic N) is 1. The molecule has 238 valence electrons. The molecule has 46 heavy (non-hydrogen) atoms. The zero-order chi connectivity index (χ0) is 32.1. The monoisotopic (exact) mass is 621 g/mol. The molecular formula is C38H39NO7. The van der Waals surface area contributed by atoms with E-state index in [4.69, 9.17) is 23.7 Å². The molecule has 0 aliphatic rings. The Morgan fingerprint density at radius 3 is 1.30 bits per heavy atom. The molecule has 0 aliphatic carbocycles. The molecule has 2 N–H and O–H groups in total. The molecule has 2 unspecified atom stereocenters. The van der Waals surface area contributed by atoms with Gasteiger partial charge in [-0.25, -0.2) is 0 Å². The summed E-state index contributed by atoms with van der Waals surface area (Å²) in [6, 6.07) is 41.0. The van der Waals surface area contributed by atoms with Crippen molar-refractivity contribution in [2.24, 2.45) is 0 Å². The second kappa shape index (κ2) is 16.5. The lowest BCUT2D eigenvalue weighted by Gasteiger charge is -2.26. The van der Waals surface area contributed by atoms with Crippen molar-refractivity contribution in [2.75, 3.05) is 31.3 Å². The van der Waals surface area contributed by atoms with Gasteiger partial charge in [0.15, 0.2) is 0 Å². The molecular weight excluding hydrogens is 582 g/mol. The largest absolute Gasteiger partial charge is 0.463 e. The van der Waals surface area contributed by atoms with Gasteiger partial charge in [0, 0.05) is 30.3 Å². The first-order chi connectivity index (χ1) is 22.5. The van der Waals surface area contributed by atoms with Crippen molar-refractivity contribution in [1.29, 1.82) is 0 Å². The van der Waals surface area contributed by atoms with Gasteiger partial charge < -0.3 is 38.8 Å². The first-order valence-corrected chi connectivity index (χ1v) is 15.3. The normalized spacial score (nSPS) is 12.3. The van der Waals surface area contributed by atoms with Crippen LogP contribution in [0, 0.1) is 0 Å². The van der Waals surface area contributed by atoms with Crippen molar-refractivity contribution >= 4 is 17.1 Å². The lowest BCUT2D eigenvalue weighted by atomic mass is 10.0. The molecule has 5 aromatic rings. The zero-order valence-electron chi connectivity index (χ0n) is 26.0. The lowest BCUT2D eigenvalue weighted by Crippen LogP contribution is -2.22. The zero-order valence-corrected chi connectivity index (χ0v) is 26.0. The van der Waals surface area contributed by atoms with Crippen LogP contribution >= 0.6 is 0 Å². The summed E-state index contributed by atoms with van der Waals surface area (Å²) in [5.41, 5.74) is 4.83. The quantitative estimate of drug-likeness (QED) is 0.107. The predicted molar refractivity (Wildman–Crippen MR) is 179 cm³/mol. The van der Waals surface area contributed by atoms with Crippen molar-refractivity contribution in [3.63, 3.8) is 0 Å². The van der Waals surface area contributed by atoms with E-state index in [-0.39, 0.29) is 13.2 Å². The number of ether oxygens (including phenoxy) is 5. The second-order valence-electron chi connectivity index (χ2n) is 10.3.